The maximum absolute atomic E-state index is 12.1. The Kier molecular flexibility index (Phi) is 5.05. The van der Waals surface area contributed by atoms with Crippen LogP contribution in [-0.2, 0) is 19.4 Å². The highest BCUT2D eigenvalue weighted by atomic mass is 16.6. The number of anilines is 1. The molecule has 2 rings (SSSR count). The van der Waals surface area contributed by atoms with Gasteiger partial charge in [0, 0.05) is 23.9 Å². The molecule has 0 unspecified atom stereocenters. The minimum Gasteiger partial charge on any atom is -0.360 e. The van der Waals surface area contributed by atoms with Crippen LogP contribution in [0.1, 0.15) is 36.2 Å². The Hall–Kier alpha value is -2.77. The predicted octanol–water partition coefficient (Wildman–Crippen LogP) is 2.12. The number of aryl methyl sites for hydroxylation is 2. The lowest BCUT2D eigenvalue weighted by Gasteiger charge is -2.12. The van der Waals surface area contributed by atoms with Crippen molar-refractivity contribution >= 4 is 11.5 Å². The Bertz CT molecular complexity index is 785. The molecule has 0 aliphatic rings. The van der Waals surface area contributed by atoms with E-state index < -0.39 is 4.92 Å². The molecule has 0 bridgehead atoms. The van der Waals surface area contributed by atoms with Gasteiger partial charge in [0.2, 0.25) is 5.82 Å². The van der Waals surface area contributed by atoms with Crippen molar-refractivity contribution in [1.82, 2.24) is 15.2 Å². The van der Waals surface area contributed by atoms with Crippen LogP contribution < -0.4 is 10.9 Å². The molecule has 8 heteroatoms. The molecule has 2 N–H and O–H groups in total. The summed E-state index contributed by atoms with van der Waals surface area (Å²) >= 11 is 0. The van der Waals surface area contributed by atoms with E-state index >= 15 is 0 Å². The molecule has 0 spiro atoms. The smallest absolute Gasteiger partial charge is 0.314 e. The summed E-state index contributed by atoms with van der Waals surface area (Å²) in [6.07, 6.45) is 2.87. The SMILES string of the molecule is CCc1n[nH]c(=O)c(CNc2nccc(C)c2[N+](=O)[O-])c1CC. The molecule has 0 saturated carbocycles. The van der Waals surface area contributed by atoms with Crippen LogP contribution in [0.5, 0.6) is 0 Å². The zero-order chi connectivity index (χ0) is 17.0. The van der Waals surface area contributed by atoms with Crippen LogP contribution >= 0.6 is 0 Å². The van der Waals surface area contributed by atoms with E-state index in [1.54, 1.807) is 13.0 Å². The monoisotopic (exact) mass is 317 g/mol. The van der Waals surface area contributed by atoms with Crippen molar-refractivity contribution in [3.05, 3.63) is 55.1 Å². The number of nitro groups is 1. The number of aromatic amines is 1. The highest BCUT2D eigenvalue weighted by Gasteiger charge is 2.19. The summed E-state index contributed by atoms with van der Waals surface area (Å²) in [5.41, 5.74) is 2.39. The van der Waals surface area contributed by atoms with Crippen LogP contribution in [0, 0.1) is 17.0 Å². The molecule has 0 aliphatic carbocycles. The Balaban J connectivity index is 2.38. The van der Waals surface area contributed by atoms with E-state index in [9.17, 15) is 14.9 Å². The third kappa shape index (κ3) is 3.36. The summed E-state index contributed by atoms with van der Waals surface area (Å²) in [6.45, 7) is 5.72. The number of nitrogens with zero attached hydrogens (tertiary/aromatic N) is 3. The zero-order valence-corrected chi connectivity index (χ0v) is 13.3. The molecule has 0 aliphatic heterocycles. The van der Waals surface area contributed by atoms with Crippen molar-refractivity contribution in [1.29, 1.82) is 0 Å². The summed E-state index contributed by atoms with van der Waals surface area (Å²) < 4.78 is 0. The first-order chi connectivity index (χ1) is 11.0. The van der Waals surface area contributed by atoms with Gasteiger partial charge >= 0.3 is 5.69 Å². The Labute approximate surface area is 133 Å². The van der Waals surface area contributed by atoms with Crippen molar-refractivity contribution < 1.29 is 4.92 Å². The number of rotatable bonds is 6. The molecular weight excluding hydrogens is 298 g/mol. The lowest BCUT2D eigenvalue weighted by molar-refractivity contribution is -0.384. The van der Waals surface area contributed by atoms with E-state index in [0.29, 0.717) is 24.0 Å². The van der Waals surface area contributed by atoms with Gasteiger partial charge in [0.25, 0.3) is 5.56 Å². The predicted molar refractivity (Wildman–Crippen MR) is 86.6 cm³/mol. The molecule has 23 heavy (non-hydrogen) atoms. The van der Waals surface area contributed by atoms with Crippen LogP contribution in [0.3, 0.4) is 0 Å². The Morgan fingerprint density at radius 3 is 2.65 bits per heavy atom. The summed E-state index contributed by atoms with van der Waals surface area (Å²) in [6, 6.07) is 1.58. The Morgan fingerprint density at radius 1 is 1.30 bits per heavy atom. The van der Waals surface area contributed by atoms with Gasteiger partial charge in [-0.25, -0.2) is 10.1 Å². The fourth-order valence-electron chi connectivity index (χ4n) is 2.54. The van der Waals surface area contributed by atoms with Crippen LogP contribution in [0.15, 0.2) is 17.1 Å². The molecule has 0 aromatic carbocycles. The molecule has 122 valence electrons. The quantitative estimate of drug-likeness (QED) is 0.623. The van der Waals surface area contributed by atoms with E-state index in [2.05, 4.69) is 20.5 Å². The second-order valence-electron chi connectivity index (χ2n) is 5.10. The topological polar surface area (TPSA) is 114 Å². The van der Waals surface area contributed by atoms with Crippen molar-refractivity contribution in [3.63, 3.8) is 0 Å². The summed E-state index contributed by atoms with van der Waals surface area (Å²) in [7, 11) is 0. The number of aromatic nitrogens is 3. The van der Waals surface area contributed by atoms with Gasteiger partial charge in [-0.3, -0.25) is 14.9 Å². The molecule has 0 radical (unpaired) electrons. The maximum Gasteiger partial charge on any atom is 0.314 e. The van der Waals surface area contributed by atoms with Crippen LogP contribution in [0.4, 0.5) is 11.5 Å². The summed E-state index contributed by atoms with van der Waals surface area (Å²) in [5.74, 6) is 0.159. The first kappa shape index (κ1) is 16.6. The molecule has 0 amide bonds. The highest BCUT2D eigenvalue weighted by Crippen LogP contribution is 2.26. The minimum atomic E-state index is -0.473. The van der Waals surface area contributed by atoms with Crippen molar-refractivity contribution in [2.75, 3.05) is 5.32 Å². The molecule has 0 fully saturated rings. The maximum atomic E-state index is 12.1. The molecule has 8 nitrogen and oxygen atoms in total. The van der Waals surface area contributed by atoms with Gasteiger partial charge in [-0.15, -0.1) is 0 Å². The molecule has 0 saturated heterocycles. The molecule has 0 atom stereocenters. The lowest BCUT2D eigenvalue weighted by atomic mass is 10.0. The van der Waals surface area contributed by atoms with Crippen molar-refractivity contribution in [2.45, 2.75) is 40.2 Å². The number of hydrogen-bond acceptors (Lipinski definition) is 6. The van der Waals surface area contributed by atoms with Gasteiger partial charge in [0.05, 0.1) is 10.6 Å². The standard InChI is InChI=1S/C15H19N5O3/c1-4-10-11(15(21)19-18-12(10)5-2)8-17-14-13(20(22)23)9(3)6-7-16-14/h6-7H,4-5,8H2,1-3H3,(H,16,17)(H,19,21). The third-order valence-electron chi connectivity index (χ3n) is 3.71. The largest absolute Gasteiger partial charge is 0.360 e. The minimum absolute atomic E-state index is 0.0771. The number of pyridine rings is 1. The average molecular weight is 317 g/mol. The molecular formula is C15H19N5O3. The summed E-state index contributed by atoms with van der Waals surface area (Å²) in [4.78, 5) is 26.8. The van der Waals surface area contributed by atoms with Gasteiger partial charge in [-0.05, 0) is 31.4 Å². The second-order valence-corrected chi connectivity index (χ2v) is 5.10. The normalized spacial score (nSPS) is 10.6. The fraction of sp³-hybridized carbons (Fsp3) is 0.400. The van der Waals surface area contributed by atoms with E-state index in [4.69, 9.17) is 0 Å². The number of nitrogens with one attached hydrogen (secondary N) is 2. The van der Waals surface area contributed by atoms with Crippen LogP contribution in [0.2, 0.25) is 0 Å². The lowest BCUT2D eigenvalue weighted by Crippen LogP contribution is -2.22. The van der Waals surface area contributed by atoms with E-state index in [1.165, 1.54) is 6.20 Å². The fourth-order valence-corrected chi connectivity index (χ4v) is 2.54. The van der Waals surface area contributed by atoms with Gasteiger partial charge in [0.1, 0.15) is 0 Å². The third-order valence-corrected chi connectivity index (χ3v) is 3.71. The second kappa shape index (κ2) is 6.99. The van der Waals surface area contributed by atoms with Crippen molar-refractivity contribution in [2.24, 2.45) is 0 Å². The van der Waals surface area contributed by atoms with Gasteiger partial charge in [-0.1, -0.05) is 13.8 Å². The molecule has 2 heterocycles. The van der Waals surface area contributed by atoms with Crippen LogP contribution in [-0.4, -0.2) is 20.1 Å². The average Bonchev–Trinajstić information content (AvgIpc) is 2.52. The van der Waals surface area contributed by atoms with Gasteiger partial charge in [-0.2, -0.15) is 5.10 Å². The van der Waals surface area contributed by atoms with Gasteiger partial charge < -0.3 is 5.32 Å². The van der Waals surface area contributed by atoms with E-state index in [1.807, 2.05) is 13.8 Å². The molecule has 2 aromatic rings. The first-order valence-electron chi connectivity index (χ1n) is 7.42. The zero-order valence-electron chi connectivity index (χ0n) is 13.3. The Morgan fingerprint density at radius 2 is 2.04 bits per heavy atom. The summed E-state index contributed by atoms with van der Waals surface area (Å²) in [5, 5.41) is 20.6. The highest BCUT2D eigenvalue weighted by molar-refractivity contribution is 5.60. The first-order valence-corrected chi connectivity index (χ1v) is 7.42. The van der Waals surface area contributed by atoms with Crippen LogP contribution in [0.25, 0.3) is 0 Å². The molecule has 2 aromatic heterocycles. The number of hydrogen-bond donors (Lipinski definition) is 2. The van der Waals surface area contributed by atoms with Gasteiger partial charge in [0.15, 0.2) is 0 Å². The van der Waals surface area contributed by atoms with E-state index in [0.717, 1.165) is 11.3 Å². The number of H-pyrrole nitrogens is 1. The van der Waals surface area contributed by atoms with E-state index in [-0.39, 0.29) is 23.6 Å². The van der Waals surface area contributed by atoms with Crippen molar-refractivity contribution in [3.8, 4) is 0 Å².